The van der Waals surface area contributed by atoms with Gasteiger partial charge in [0.05, 0.1) is 19.8 Å². The Morgan fingerprint density at radius 3 is 2.86 bits per heavy atom. The van der Waals surface area contributed by atoms with Gasteiger partial charge in [-0.25, -0.2) is 4.79 Å². The summed E-state index contributed by atoms with van der Waals surface area (Å²) in [6.45, 7) is 7.55. The summed E-state index contributed by atoms with van der Waals surface area (Å²) in [6, 6.07) is 0. The molecule has 14 heavy (non-hydrogen) atoms. The van der Waals surface area contributed by atoms with Crippen LogP contribution in [0.3, 0.4) is 0 Å². The SMILES string of the molecule is C=C(C)C(=O)OCCCOCC1CO1. The molecule has 1 fully saturated rings. The van der Waals surface area contributed by atoms with Crippen LogP contribution in [0.15, 0.2) is 12.2 Å². The van der Waals surface area contributed by atoms with Crippen molar-refractivity contribution >= 4 is 5.97 Å². The van der Waals surface area contributed by atoms with Crippen LogP contribution in [0.2, 0.25) is 0 Å². The number of rotatable bonds is 7. The second kappa shape index (κ2) is 5.78. The maximum atomic E-state index is 10.9. The van der Waals surface area contributed by atoms with Crippen molar-refractivity contribution in [2.24, 2.45) is 0 Å². The van der Waals surface area contributed by atoms with Gasteiger partial charge in [0, 0.05) is 18.6 Å². The molecule has 4 heteroatoms. The van der Waals surface area contributed by atoms with E-state index in [-0.39, 0.29) is 5.97 Å². The first-order chi connectivity index (χ1) is 6.70. The minimum absolute atomic E-state index is 0.299. The average Bonchev–Trinajstić information content (AvgIpc) is 2.94. The van der Waals surface area contributed by atoms with Crippen LogP contribution in [0.1, 0.15) is 13.3 Å². The second-order valence-electron chi connectivity index (χ2n) is 3.30. The Morgan fingerprint density at radius 2 is 2.29 bits per heavy atom. The Hall–Kier alpha value is -0.870. The molecule has 0 spiro atoms. The first-order valence-electron chi connectivity index (χ1n) is 4.72. The van der Waals surface area contributed by atoms with Gasteiger partial charge in [0.25, 0.3) is 0 Å². The fraction of sp³-hybridized carbons (Fsp3) is 0.700. The van der Waals surface area contributed by atoms with Crippen LogP contribution < -0.4 is 0 Å². The van der Waals surface area contributed by atoms with Crippen LogP contribution in [0.25, 0.3) is 0 Å². The maximum Gasteiger partial charge on any atom is 0.333 e. The van der Waals surface area contributed by atoms with Crippen molar-refractivity contribution in [1.82, 2.24) is 0 Å². The third-order valence-corrected chi connectivity index (χ3v) is 1.72. The van der Waals surface area contributed by atoms with Crippen LogP contribution in [0.4, 0.5) is 0 Å². The molecule has 0 bridgehead atoms. The van der Waals surface area contributed by atoms with Gasteiger partial charge in [-0.15, -0.1) is 0 Å². The lowest BCUT2D eigenvalue weighted by Gasteiger charge is -2.04. The standard InChI is InChI=1S/C10H16O4/c1-8(2)10(11)13-5-3-4-12-6-9-7-14-9/h9H,1,3-7H2,2H3. The molecule has 1 aliphatic rings. The quantitative estimate of drug-likeness (QED) is 0.265. The Kier molecular flexibility index (Phi) is 4.62. The first-order valence-corrected chi connectivity index (χ1v) is 4.72. The third kappa shape index (κ3) is 4.99. The number of epoxide rings is 1. The van der Waals surface area contributed by atoms with Crippen LogP contribution in [0.5, 0.6) is 0 Å². The van der Waals surface area contributed by atoms with Gasteiger partial charge >= 0.3 is 5.97 Å². The van der Waals surface area contributed by atoms with Gasteiger partial charge in [-0.1, -0.05) is 6.58 Å². The summed E-state index contributed by atoms with van der Waals surface area (Å²) in [6.07, 6.45) is 1.01. The number of carbonyl (C=O) groups excluding carboxylic acids is 1. The largest absolute Gasteiger partial charge is 0.462 e. The van der Waals surface area contributed by atoms with Crippen molar-refractivity contribution in [3.63, 3.8) is 0 Å². The molecule has 1 unspecified atom stereocenters. The van der Waals surface area contributed by atoms with E-state index in [0.29, 0.717) is 37.9 Å². The molecule has 0 saturated carbocycles. The summed E-state index contributed by atoms with van der Waals surface area (Å²) in [4.78, 5) is 10.9. The molecule has 1 atom stereocenters. The van der Waals surface area contributed by atoms with E-state index in [1.165, 1.54) is 0 Å². The van der Waals surface area contributed by atoms with Crippen LogP contribution >= 0.6 is 0 Å². The zero-order chi connectivity index (χ0) is 10.4. The predicted octanol–water partition coefficient (Wildman–Crippen LogP) is 0.911. The Balaban J connectivity index is 1.83. The fourth-order valence-corrected chi connectivity index (χ4v) is 0.828. The highest BCUT2D eigenvalue weighted by molar-refractivity contribution is 5.86. The third-order valence-electron chi connectivity index (χ3n) is 1.72. The van der Waals surface area contributed by atoms with Gasteiger partial charge in [-0.05, 0) is 6.92 Å². The molecule has 0 aromatic heterocycles. The Morgan fingerprint density at radius 1 is 1.57 bits per heavy atom. The van der Waals surface area contributed by atoms with E-state index in [0.717, 1.165) is 6.61 Å². The van der Waals surface area contributed by atoms with Gasteiger partial charge in [0.2, 0.25) is 0 Å². The number of hydrogen-bond donors (Lipinski definition) is 0. The molecule has 1 saturated heterocycles. The van der Waals surface area contributed by atoms with Crippen molar-refractivity contribution in [1.29, 1.82) is 0 Å². The number of hydrogen-bond acceptors (Lipinski definition) is 4. The summed E-state index contributed by atoms with van der Waals surface area (Å²) < 4.78 is 15.1. The highest BCUT2D eigenvalue weighted by Crippen LogP contribution is 2.08. The van der Waals surface area contributed by atoms with E-state index >= 15 is 0 Å². The zero-order valence-corrected chi connectivity index (χ0v) is 8.45. The minimum Gasteiger partial charge on any atom is -0.462 e. The maximum absolute atomic E-state index is 10.9. The predicted molar refractivity (Wildman–Crippen MR) is 50.9 cm³/mol. The molecule has 0 radical (unpaired) electrons. The lowest BCUT2D eigenvalue weighted by Crippen LogP contribution is -2.09. The van der Waals surface area contributed by atoms with Gasteiger partial charge in [0.15, 0.2) is 0 Å². The summed E-state index contributed by atoms with van der Waals surface area (Å²) in [5, 5.41) is 0. The van der Waals surface area contributed by atoms with Crippen molar-refractivity contribution in [2.45, 2.75) is 19.4 Å². The number of esters is 1. The highest BCUT2D eigenvalue weighted by Gasteiger charge is 2.21. The molecule has 1 aliphatic heterocycles. The fourth-order valence-electron chi connectivity index (χ4n) is 0.828. The van der Waals surface area contributed by atoms with Crippen molar-refractivity contribution in [3.8, 4) is 0 Å². The molecular weight excluding hydrogens is 184 g/mol. The van der Waals surface area contributed by atoms with E-state index < -0.39 is 0 Å². The molecule has 80 valence electrons. The molecule has 1 rings (SSSR count). The van der Waals surface area contributed by atoms with Crippen LogP contribution in [0, 0.1) is 0 Å². The monoisotopic (exact) mass is 200 g/mol. The normalized spacial score (nSPS) is 19.1. The minimum atomic E-state index is -0.337. The lowest BCUT2D eigenvalue weighted by atomic mass is 10.4. The van der Waals surface area contributed by atoms with Crippen molar-refractivity contribution in [2.75, 3.05) is 26.4 Å². The average molecular weight is 200 g/mol. The number of carbonyl (C=O) groups is 1. The summed E-state index contributed by atoms with van der Waals surface area (Å²) in [7, 11) is 0. The summed E-state index contributed by atoms with van der Waals surface area (Å²) in [5.41, 5.74) is 0.428. The van der Waals surface area contributed by atoms with Crippen molar-refractivity contribution < 1.29 is 19.0 Å². The number of ether oxygens (including phenoxy) is 3. The van der Waals surface area contributed by atoms with Gasteiger partial charge in [-0.3, -0.25) is 0 Å². The van der Waals surface area contributed by atoms with E-state index in [4.69, 9.17) is 14.2 Å². The topological polar surface area (TPSA) is 48.1 Å². The smallest absolute Gasteiger partial charge is 0.333 e. The van der Waals surface area contributed by atoms with E-state index in [1.54, 1.807) is 6.92 Å². The molecule has 0 aromatic rings. The van der Waals surface area contributed by atoms with Gasteiger partial charge < -0.3 is 14.2 Å². The summed E-state index contributed by atoms with van der Waals surface area (Å²) in [5.74, 6) is -0.337. The van der Waals surface area contributed by atoms with Crippen LogP contribution in [-0.2, 0) is 19.0 Å². The van der Waals surface area contributed by atoms with Gasteiger partial charge in [-0.2, -0.15) is 0 Å². The molecule has 0 N–H and O–H groups in total. The Bertz CT molecular complexity index is 208. The molecular formula is C10H16O4. The van der Waals surface area contributed by atoms with E-state index in [9.17, 15) is 4.79 Å². The highest BCUT2D eigenvalue weighted by atomic mass is 16.6. The van der Waals surface area contributed by atoms with E-state index in [2.05, 4.69) is 6.58 Å². The van der Waals surface area contributed by atoms with Gasteiger partial charge in [0.1, 0.15) is 6.10 Å². The zero-order valence-electron chi connectivity index (χ0n) is 8.45. The lowest BCUT2D eigenvalue weighted by molar-refractivity contribution is -0.139. The molecule has 0 amide bonds. The Labute approximate surface area is 83.8 Å². The second-order valence-corrected chi connectivity index (χ2v) is 3.30. The van der Waals surface area contributed by atoms with Crippen molar-refractivity contribution in [3.05, 3.63) is 12.2 Å². The molecule has 1 heterocycles. The molecule has 0 aromatic carbocycles. The van der Waals surface area contributed by atoms with Crippen LogP contribution in [-0.4, -0.2) is 38.5 Å². The molecule has 4 nitrogen and oxygen atoms in total. The van der Waals surface area contributed by atoms with E-state index in [1.807, 2.05) is 0 Å². The molecule has 0 aliphatic carbocycles. The summed E-state index contributed by atoms with van der Waals surface area (Å²) >= 11 is 0. The first kappa shape index (κ1) is 11.2.